The van der Waals surface area contributed by atoms with Crippen molar-refractivity contribution >= 4 is 28.7 Å². The Balaban J connectivity index is 1.93. The first-order chi connectivity index (χ1) is 17.3. The van der Waals surface area contributed by atoms with Gasteiger partial charge in [0, 0.05) is 15.7 Å². The summed E-state index contributed by atoms with van der Waals surface area (Å²) < 4.78 is 77.2. The molecule has 1 aromatic carbocycles. The van der Waals surface area contributed by atoms with Gasteiger partial charge in [0.2, 0.25) is 8.32 Å². The summed E-state index contributed by atoms with van der Waals surface area (Å²) in [5.41, 5.74) is -2.23. The van der Waals surface area contributed by atoms with E-state index in [2.05, 4.69) is 41.5 Å². The summed E-state index contributed by atoms with van der Waals surface area (Å²) in [5.74, 6) is 0.459. The molecule has 38 heavy (non-hydrogen) atoms. The molecule has 0 amide bonds. The molecule has 0 radical (unpaired) electrons. The SMILES string of the molecule is CC(C)[Si](OCc1ccc(CS2(OS(=O)(=O)C(F)(F)F)[C@@H]3C[C@@H](CC[C@@H]3C)C2(C)C)cc1)(C(C)C)C(C)C. The highest BCUT2D eigenvalue weighted by molar-refractivity contribution is 8.34. The van der Waals surface area contributed by atoms with Crippen LogP contribution in [0.15, 0.2) is 24.3 Å². The zero-order chi connectivity index (χ0) is 28.9. The molecule has 1 saturated heterocycles. The summed E-state index contributed by atoms with van der Waals surface area (Å²) in [6, 6.07) is 7.78. The van der Waals surface area contributed by atoms with E-state index in [-0.39, 0.29) is 22.8 Å². The minimum Gasteiger partial charge on any atom is -0.412 e. The van der Waals surface area contributed by atoms with Crippen LogP contribution in [0.2, 0.25) is 16.6 Å². The van der Waals surface area contributed by atoms with Crippen LogP contribution in [0.3, 0.4) is 0 Å². The Morgan fingerprint density at radius 1 is 0.974 bits per heavy atom. The normalized spacial score (nSPS) is 29.7. The highest BCUT2D eigenvalue weighted by atomic mass is 32.3. The van der Waals surface area contributed by atoms with E-state index >= 15 is 0 Å². The van der Waals surface area contributed by atoms with Crippen molar-refractivity contribution in [3.05, 3.63) is 35.4 Å². The number of benzene rings is 1. The Kier molecular flexibility index (Phi) is 9.28. The first-order valence-corrected chi connectivity index (χ1v) is 19.2. The van der Waals surface area contributed by atoms with E-state index in [9.17, 15) is 21.6 Å². The Bertz CT molecular complexity index is 1050. The third-order valence-electron chi connectivity index (χ3n) is 9.58. The minimum atomic E-state index is -5.73. The first kappa shape index (κ1) is 32.0. The average molecular weight is 597 g/mol. The van der Waals surface area contributed by atoms with Gasteiger partial charge in [0.1, 0.15) is 0 Å². The molecule has 0 N–H and O–H groups in total. The second-order valence-corrected chi connectivity index (χ2v) is 23.7. The Hall–Kier alpha value is -0.553. The van der Waals surface area contributed by atoms with Crippen molar-refractivity contribution in [3.63, 3.8) is 0 Å². The molecule has 1 aliphatic heterocycles. The molecule has 3 rings (SSSR count). The van der Waals surface area contributed by atoms with E-state index < -0.39 is 39.0 Å². The summed E-state index contributed by atoms with van der Waals surface area (Å²) in [5, 5.41) is -0.189. The van der Waals surface area contributed by atoms with Crippen molar-refractivity contribution in [3.8, 4) is 0 Å². The lowest BCUT2D eigenvalue weighted by atomic mass is 9.78. The van der Waals surface area contributed by atoms with Crippen LogP contribution in [0.5, 0.6) is 0 Å². The fourth-order valence-corrected chi connectivity index (χ4v) is 20.0. The lowest BCUT2D eigenvalue weighted by molar-refractivity contribution is -0.0497. The molecule has 0 aromatic heterocycles. The molecular formula is C28H47F3O4S2Si. The highest BCUT2D eigenvalue weighted by Crippen LogP contribution is 2.78. The predicted octanol–water partition coefficient (Wildman–Crippen LogP) is 9.06. The second kappa shape index (κ2) is 11.0. The van der Waals surface area contributed by atoms with Crippen molar-refractivity contribution in [2.45, 2.75) is 126 Å². The molecule has 1 aromatic rings. The van der Waals surface area contributed by atoms with Crippen LogP contribution in [0.4, 0.5) is 13.2 Å². The topological polar surface area (TPSA) is 52.6 Å². The fourth-order valence-electron chi connectivity index (χ4n) is 7.46. The van der Waals surface area contributed by atoms with Crippen LogP contribution in [0.1, 0.15) is 92.7 Å². The first-order valence-electron chi connectivity index (χ1n) is 13.8. The lowest BCUT2D eigenvalue weighted by Crippen LogP contribution is -2.47. The van der Waals surface area contributed by atoms with Gasteiger partial charge in [0.25, 0.3) is 0 Å². The number of hydrogen-bond donors (Lipinski definition) is 0. The van der Waals surface area contributed by atoms with Crippen molar-refractivity contribution < 1.29 is 29.6 Å². The molecule has 1 saturated carbocycles. The zero-order valence-corrected chi connectivity index (χ0v) is 27.0. The van der Waals surface area contributed by atoms with Crippen molar-refractivity contribution in [1.82, 2.24) is 0 Å². The van der Waals surface area contributed by atoms with Gasteiger partial charge in [-0.1, -0.05) is 72.7 Å². The molecule has 10 heteroatoms. The lowest BCUT2D eigenvalue weighted by Gasteiger charge is -2.50. The summed E-state index contributed by atoms with van der Waals surface area (Å²) in [4.78, 5) is 0. The standard InChI is InChI=1S/C28H47F3O4S2Si/c1-19(2)38(20(3)4,21(5)6)34-17-23-11-13-24(14-12-23)18-36(35-37(32,33)28(29,30)31)26-16-25(27(36,8)9)15-10-22(26)7/h11-14,19-22,25-26H,10,15-18H2,1-9H3/t22-,25+,26+/m0/s1. The smallest absolute Gasteiger partial charge is 0.412 e. The predicted molar refractivity (Wildman–Crippen MR) is 154 cm³/mol. The van der Waals surface area contributed by atoms with Gasteiger partial charge in [-0.15, -0.1) is 10.3 Å². The maximum Gasteiger partial charge on any atom is 0.523 e. The van der Waals surface area contributed by atoms with Crippen LogP contribution < -0.4 is 0 Å². The van der Waals surface area contributed by atoms with Gasteiger partial charge in [-0.05, 0) is 72.7 Å². The zero-order valence-electron chi connectivity index (χ0n) is 24.4. The van der Waals surface area contributed by atoms with Gasteiger partial charge in [0.05, 0.1) is 6.61 Å². The maximum atomic E-state index is 13.6. The van der Waals surface area contributed by atoms with E-state index in [0.717, 1.165) is 30.4 Å². The largest absolute Gasteiger partial charge is 0.523 e. The number of rotatable bonds is 10. The van der Waals surface area contributed by atoms with Crippen LogP contribution in [-0.2, 0) is 30.5 Å². The van der Waals surface area contributed by atoms with E-state index in [1.165, 1.54) is 0 Å². The van der Waals surface area contributed by atoms with Gasteiger partial charge < -0.3 is 4.43 Å². The van der Waals surface area contributed by atoms with E-state index in [4.69, 9.17) is 8.06 Å². The molecule has 0 spiro atoms. The molecule has 2 bridgehead atoms. The van der Waals surface area contributed by atoms with Crippen molar-refractivity contribution in [2.24, 2.45) is 11.8 Å². The minimum absolute atomic E-state index is 0.111. The van der Waals surface area contributed by atoms with Gasteiger partial charge in [-0.3, -0.25) is 0 Å². The van der Waals surface area contributed by atoms with Crippen molar-refractivity contribution in [1.29, 1.82) is 0 Å². The fraction of sp³-hybridized carbons (Fsp3) is 0.786. The van der Waals surface area contributed by atoms with Gasteiger partial charge in [-0.2, -0.15) is 21.6 Å². The summed E-state index contributed by atoms with van der Waals surface area (Å²) in [7, 11) is -10.4. The van der Waals surface area contributed by atoms with Crippen LogP contribution in [-0.4, -0.2) is 32.2 Å². The van der Waals surface area contributed by atoms with Gasteiger partial charge in [0.15, 0.2) is 0 Å². The van der Waals surface area contributed by atoms with E-state index in [0.29, 0.717) is 23.2 Å². The quantitative estimate of drug-likeness (QED) is 0.200. The maximum absolute atomic E-state index is 13.6. The summed E-state index contributed by atoms with van der Waals surface area (Å²) in [6.45, 7) is 19.8. The van der Waals surface area contributed by atoms with Crippen LogP contribution in [0, 0.1) is 11.8 Å². The van der Waals surface area contributed by atoms with Gasteiger partial charge in [-0.25, -0.2) is 3.63 Å². The summed E-state index contributed by atoms with van der Waals surface area (Å²) in [6.07, 6.45) is 2.49. The number of alkyl halides is 3. The molecule has 4 atom stereocenters. The van der Waals surface area contributed by atoms with E-state index in [1.54, 1.807) is 0 Å². The number of hydrogen-bond acceptors (Lipinski definition) is 4. The monoisotopic (exact) mass is 596 g/mol. The Labute approximate surface area is 231 Å². The molecular weight excluding hydrogens is 550 g/mol. The molecule has 1 heterocycles. The molecule has 220 valence electrons. The van der Waals surface area contributed by atoms with Crippen molar-refractivity contribution in [2.75, 3.05) is 0 Å². The highest BCUT2D eigenvalue weighted by Gasteiger charge is 2.64. The summed E-state index contributed by atoms with van der Waals surface area (Å²) >= 11 is 0. The molecule has 2 aliphatic rings. The Morgan fingerprint density at radius 2 is 1.47 bits per heavy atom. The van der Waals surface area contributed by atoms with Crippen LogP contribution in [0.25, 0.3) is 0 Å². The third kappa shape index (κ3) is 5.50. The van der Waals surface area contributed by atoms with E-state index in [1.807, 2.05) is 45.0 Å². The van der Waals surface area contributed by atoms with Gasteiger partial charge >= 0.3 is 15.6 Å². The van der Waals surface area contributed by atoms with Crippen LogP contribution >= 0.6 is 10.3 Å². The Morgan fingerprint density at radius 3 is 1.95 bits per heavy atom. The molecule has 1 unspecified atom stereocenters. The molecule has 4 nitrogen and oxygen atoms in total. The average Bonchev–Trinajstić information content (AvgIpc) is 2.94. The number of fused-ring (bicyclic) bond motifs is 2. The second-order valence-electron chi connectivity index (χ2n) is 12.9. The third-order valence-corrected chi connectivity index (χ3v) is 22.4. The molecule has 1 aliphatic carbocycles. The number of halogens is 3. The molecule has 2 fully saturated rings.